The van der Waals surface area contributed by atoms with Crippen LogP contribution >= 0.6 is 27.3 Å². The third kappa shape index (κ3) is 3.23. The van der Waals surface area contributed by atoms with Gasteiger partial charge in [-0.2, -0.15) is 0 Å². The number of aryl methyl sites for hydroxylation is 1. The van der Waals surface area contributed by atoms with E-state index in [1.807, 2.05) is 11.4 Å². The second-order valence-corrected chi connectivity index (χ2v) is 5.86. The van der Waals surface area contributed by atoms with Crippen LogP contribution in [0.25, 0.3) is 0 Å². The van der Waals surface area contributed by atoms with Crippen LogP contribution in [0.3, 0.4) is 0 Å². The summed E-state index contributed by atoms with van der Waals surface area (Å²) in [6.07, 6.45) is 0. The summed E-state index contributed by atoms with van der Waals surface area (Å²) in [5, 5.41) is 13.6. The summed E-state index contributed by atoms with van der Waals surface area (Å²) in [4.78, 5) is 27.9. The third-order valence-electron chi connectivity index (χ3n) is 2.65. The molecular weight excluding hydrogens is 344 g/mol. The van der Waals surface area contributed by atoms with Gasteiger partial charge in [0, 0.05) is 9.35 Å². The molecule has 2 rings (SSSR count). The third-order valence-corrected chi connectivity index (χ3v) is 4.58. The first-order valence-corrected chi connectivity index (χ1v) is 7.37. The van der Waals surface area contributed by atoms with Crippen LogP contribution < -0.4 is 5.32 Å². The highest BCUT2D eigenvalue weighted by Crippen LogP contribution is 2.22. The predicted molar refractivity (Wildman–Crippen MR) is 79.1 cm³/mol. The molecule has 20 heavy (non-hydrogen) atoms. The minimum Gasteiger partial charge on any atom is -0.478 e. The average molecular weight is 355 g/mol. The molecule has 7 heteroatoms. The summed E-state index contributed by atoms with van der Waals surface area (Å²) in [6.45, 7) is 1.97. The first kappa shape index (κ1) is 14.7. The fourth-order valence-electron chi connectivity index (χ4n) is 1.62. The van der Waals surface area contributed by atoms with Crippen LogP contribution in [0, 0.1) is 6.92 Å². The molecule has 0 unspecified atom stereocenters. The van der Waals surface area contributed by atoms with Crippen LogP contribution in [-0.2, 0) is 6.54 Å². The smallest absolute Gasteiger partial charge is 0.337 e. The van der Waals surface area contributed by atoms with Gasteiger partial charge in [0.15, 0.2) is 0 Å². The van der Waals surface area contributed by atoms with Gasteiger partial charge >= 0.3 is 5.97 Å². The number of nitrogens with one attached hydrogen (secondary N) is 1. The number of carboxylic acid groups (broad SMARTS) is 1. The van der Waals surface area contributed by atoms with Crippen molar-refractivity contribution in [2.45, 2.75) is 13.5 Å². The zero-order chi connectivity index (χ0) is 14.7. The molecular formula is C13H11BrN2O3S. The van der Waals surface area contributed by atoms with Crippen molar-refractivity contribution in [3.8, 4) is 0 Å². The molecule has 0 atom stereocenters. The van der Waals surface area contributed by atoms with Gasteiger partial charge < -0.3 is 10.4 Å². The predicted octanol–water partition coefficient (Wildman–Crippen LogP) is 2.84. The summed E-state index contributed by atoms with van der Waals surface area (Å²) in [5.41, 5.74) is 0.630. The first-order valence-electron chi connectivity index (χ1n) is 5.70. The molecule has 0 aliphatic heterocycles. The Bertz CT molecular complexity index is 669. The van der Waals surface area contributed by atoms with Gasteiger partial charge in [-0.05, 0) is 46.4 Å². The van der Waals surface area contributed by atoms with Crippen molar-refractivity contribution in [3.05, 3.63) is 49.9 Å². The summed E-state index contributed by atoms with van der Waals surface area (Å²) >= 11 is 4.92. The SMILES string of the molecule is Cc1nc(C(=O)NCc2sccc2Br)ccc1C(=O)O. The van der Waals surface area contributed by atoms with Gasteiger partial charge in [0.05, 0.1) is 17.8 Å². The van der Waals surface area contributed by atoms with Crippen molar-refractivity contribution in [2.24, 2.45) is 0 Å². The maximum atomic E-state index is 12.0. The molecule has 0 bridgehead atoms. The summed E-state index contributed by atoms with van der Waals surface area (Å²) < 4.78 is 0.952. The van der Waals surface area contributed by atoms with Gasteiger partial charge in [-0.15, -0.1) is 11.3 Å². The van der Waals surface area contributed by atoms with Crippen molar-refractivity contribution in [1.82, 2.24) is 10.3 Å². The highest BCUT2D eigenvalue weighted by Gasteiger charge is 2.13. The van der Waals surface area contributed by atoms with Gasteiger partial charge in [0.2, 0.25) is 0 Å². The van der Waals surface area contributed by atoms with Crippen molar-refractivity contribution in [1.29, 1.82) is 0 Å². The van der Waals surface area contributed by atoms with Crippen LogP contribution in [0.1, 0.15) is 31.4 Å². The number of amides is 1. The van der Waals surface area contributed by atoms with Crippen LogP contribution in [0.4, 0.5) is 0 Å². The van der Waals surface area contributed by atoms with E-state index in [0.717, 1.165) is 9.35 Å². The minimum absolute atomic E-state index is 0.0996. The quantitative estimate of drug-likeness (QED) is 0.884. The molecule has 0 aliphatic carbocycles. The number of aromatic carboxylic acids is 1. The molecule has 2 N–H and O–H groups in total. The van der Waals surface area contributed by atoms with E-state index in [1.54, 1.807) is 6.92 Å². The molecule has 0 spiro atoms. The summed E-state index contributed by atoms with van der Waals surface area (Å²) in [5.74, 6) is -1.38. The van der Waals surface area contributed by atoms with Crippen molar-refractivity contribution in [3.63, 3.8) is 0 Å². The number of pyridine rings is 1. The molecule has 0 saturated heterocycles. The molecule has 104 valence electrons. The number of carbonyl (C=O) groups is 2. The summed E-state index contributed by atoms with van der Waals surface area (Å²) in [6, 6.07) is 4.71. The minimum atomic E-state index is -1.05. The van der Waals surface area contributed by atoms with Gasteiger partial charge in [0.25, 0.3) is 5.91 Å². The Morgan fingerprint density at radius 3 is 2.70 bits per heavy atom. The van der Waals surface area contributed by atoms with Gasteiger partial charge in [-0.25, -0.2) is 9.78 Å². The van der Waals surface area contributed by atoms with Gasteiger partial charge in [0.1, 0.15) is 5.69 Å². The van der Waals surface area contributed by atoms with Crippen molar-refractivity contribution >= 4 is 39.1 Å². The number of carbonyl (C=O) groups excluding carboxylic acids is 1. The number of hydrogen-bond acceptors (Lipinski definition) is 4. The van der Waals surface area contributed by atoms with E-state index in [2.05, 4.69) is 26.2 Å². The van der Waals surface area contributed by atoms with Gasteiger partial charge in [-0.1, -0.05) is 0 Å². The van der Waals surface area contributed by atoms with Crippen LogP contribution in [-0.4, -0.2) is 22.0 Å². The standard InChI is InChI=1S/C13H11BrN2O3S/c1-7-8(13(18)19)2-3-10(16-7)12(17)15-6-11-9(14)4-5-20-11/h2-5H,6H2,1H3,(H,15,17)(H,18,19). The lowest BCUT2D eigenvalue weighted by Crippen LogP contribution is -2.24. The maximum absolute atomic E-state index is 12.0. The topological polar surface area (TPSA) is 79.3 Å². The lowest BCUT2D eigenvalue weighted by Gasteiger charge is -2.06. The Morgan fingerprint density at radius 2 is 2.15 bits per heavy atom. The first-order chi connectivity index (χ1) is 9.49. The number of carboxylic acids is 1. The average Bonchev–Trinajstić information content (AvgIpc) is 2.81. The monoisotopic (exact) mass is 354 g/mol. The number of rotatable bonds is 4. The number of aromatic nitrogens is 1. The normalized spacial score (nSPS) is 10.3. The van der Waals surface area contributed by atoms with E-state index in [0.29, 0.717) is 12.2 Å². The zero-order valence-corrected chi connectivity index (χ0v) is 12.9. The highest BCUT2D eigenvalue weighted by molar-refractivity contribution is 9.10. The van der Waals surface area contributed by atoms with Crippen LogP contribution in [0.5, 0.6) is 0 Å². The molecule has 2 heterocycles. The van der Waals surface area contributed by atoms with E-state index in [1.165, 1.54) is 23.5 Å². The number of nitrogens with zero attached hydrogens (tertiary/aromatic N) is 1. The van der Waals surface area contributed by atoms with E-state index in [-0.39, 0.29) is 17.2 Å². The Kier molecular flexibility index (Phi) is 4.51. The molecule has 2 aromatic heterocycles. The van der Waals surface area contributed by atoms with E-state index in [9.17, 15) is 9.59 Å². The molecule has 0 saturated carbocycles. The second kappa shape index (κ2) is 6.15. The van der Waals surface area contributed by atoms with E-state index < -0.39 is 5.97 Å². The van der Waals surface area contributed by atoms with Gasteiger partial charge in [-0.3, -0.25) is 4.79 Å². The number of hydrogen-bond donors (Lipinski definition) is 2. The number of thiophene rings is 1. The Hall–Kier alpha value is -1.73. The summed E-state index contributed by atoms with van der Waals surface area (Å²) in [7, 11) is 0. The molecule has 1 amide bonds. The molecule has 0 fully saturated rings. The van der Waals surface area contributed by atoms with Crippen LogP contribution in [0.2, 0.25) is 0 Å². The van der Waals surface area contributed by atoms with E-state index in [4.69, 9.17) is 5.11 Å². The Labute approximate surface area is 127 Å². The van der Waals surface area contributed by atoms with E-state index >= 15 is 0 Å². The maximum Gasteiger partial charge on any atom is 0.337 e. The molecule has 0 radical (unpaired) electrons. The molecule has 0 aromatic carbocycles. The number of halogens is 1. The molecule has 2 aromatic rings. The zero-order valence-electron chi connectivity index (χ0n) is 10.5. The highest BCUT2D eigenvalue weighted by atomic mass is 79.9. The lowest BCUT2D eigenvalue weighted by molar-refractivity contribution is 0.0694. The molecule has 0 aliphatic rings. The Morgan fingerprint density at radius 1 is 1.40 bits per heavy atom. The largest absolute Gasteiger partial charge is 0.478 e. The van der Waals surface area contributed by atoms with Crippen molar-refractivity contribution in [2.75, 3.05) is 0 Å². The van der Waals surface area contributed by atoms with Crippen LogP contribution in [0.15, 0.2) is 28.1 Å². The lowest BCUT2D eigenvalue weighted by atomic mass is 10.2. The molecule has 5 nitrogen and oxygen atoms in total. The fourth-order valence-corrected chi connectivity index (χ4v) is 3.05. The Balaban J connectivity index is 2.08. The second-order valence-electron chi connectivity index (χ2n) is 4.01. The fraction of sp³-hybridized carbons (Fsp3) is 0.154. The van der Waals surface area contributed by atoms with Crippen molar-refractivity contribution < 1.29 is 14.7 Å².